The van der Waals surface area contributed by atoms with Crippen LogP contribution in [0.25, 0.3) is 12.2 Å². The number of amides is 1. The van der Waals surface area contributed by atoms with Crippen molar-refractivity contribution in [1.29, 1.82) is 0 Å². The molecule has 8 nitrogen and oxygen atoms in total. The predicted octanol–water partition coefficient (Wildman–Crippen LogP) is 4.87. The van der Waals surface area contributed by atoms with Gasteiger partial charge in [0.1, 0.15) is 23.1 Å². The zero-order valence-corrected chi connectivity index (χ0v) is 21.2. The minimum Gasteiger partial charge on any atom is -0.494 e. The fourth-order valence-electron chi connectivity index (χ4n) is 4.13. The number of rotatable bonds is 8. The number of aryl methyl sites for hydroxylation is 1. The maximum absolute atomic E-state index is 14.0. The van der Waals surface area contributed by atoms with E-state index >= 15 is 0 Å². The molecule has 0 atom stereocenters. The van der Waals surface area contributed by atoms with Crippen molar-refractivity contribution < 1.29 is 31.3 Å². The van der Waals surface area contributed by atoms with Crippen molar-refractivity contribution in [3.63, 3.8) is 0 Å². The first-order valence-corrected chi connectivity index (χ1v) is 13.3. The Kier molecular flexibility index (Phi) is 8.03. The van der Waals surface area contributed by atoms with Gasteiger partial charge in [-0.1, -0.05) is 5.16 Å². The van der Waals surface area contributed by atoms with Crippen molar-refractivity contribution in [3.05, 3.63) is 71.1 Å². The monoisotopic (exact) mass is 531 g/mol. The summed E-state index contributed by atoms with van der Waals surface area (Å²) in [5, 5.41) is 6.65. The molecule has 1 aliphatic heterocycles. The molecule has 1 N–H and O–H groups in total. The van der Waals surface area contributed by atoms with Crippen molar-refractivity contribution in [2.75, 3.05) is 25.0 Å². The van der Waals surface area contributed by atoms with Gasteiger partial charge >= 0.3 is 0 Å². The van der Waals surface area contributed by atoms with Crippen molar-refractivity contribution in [1.82, 2.24) is 9.46 Å². The van der Waals surface area contributed by atoms with Gasteiger partial charge in [0, 0.05) is 36.3 Å². The third-order valence-corrected chi connectivity index (χ3v) is 8.12. The van der Waals surface area contributed by atoms with Gasteiger partial charge in [0.2, 0.25) is 15.9 Å². The quantitative estimate of drug-likeness (QED) is 0.445. The van der Waals surface area contributed by atoms with E-state index in [2.05, 4.69) is 10.5 Å². The molecule has 37 heavy (non-hydrogen) atoms. The van der Waals surface area contributed by atoms with Crippen LogP contribution in [0, 0.1) is 24.5 Å². The predicted molar refractivity (Wildman–Crippen MR) is 134 cm³/mol. The van der Waals surface area contributed by atoms with Crippen LogP contribution in [0.2, 0.25) is 0 Å². The Hall–Kier alpha value is -3.57. The number of aromatic nitrogens is 1. The highest BCUT2D eigenvalue weighted by atomic mass is 32.2. The molecule has 11 heteroatoms. The molecule has 0 unspecified atom stereocenters. The Bertz CT molecular complexity index is 1400. The second-order valence-corrected chi connectivity index (χ2v) is 10.5. The fourth-order valence-corrected chi connectivity index (χ4v) is 5.85. The largest absolute Gasteiger partial charge is 0.494 e. The van der Waals surface area contributed by atoms with Crippen LogP contribution in [0.3, 0.4) is 0 Å². The number of hydrogen-bond donors (Lipinski definition) is 1. The number of sulfonamides is 1. The van der Waals surface area contributed by atoms with Crippen LogP contribution in [0.4, 0.5) is 14.5 Å². The minimum atomic E-state index is -3.99. The SMILES string of the molecule is CCOc1ccc(NC(=O)C2CCN(S(=O)(=O)c3c(C)noc3/C=C/c3ccc(F)cc3F)CC2)cc1. The summed E-state index contributed by atoms with van der Waals surface area (Å²) < 4.78 is 65.9. The van der Waals surface area contributed by atoms with Crippen LogP contribution in [0.15, 0.2) is 51.9 Å². The summed E-state index contributed by atoms with van der Waals surface area (Å²) in [5.41, 5.74) is 0.866. The summed E-state index contributed by atoms with van der Waals surface area (Å²) in [6.45, 7) is 4.22. The van der Waals surface area contributed by atoms with Crippen LogP contribution in [-0.4, -0.2) is 43.5 Å². The Labute approximate surface area is 214 Å². The number of anilines is 1. The molecule has 0 radical (unpaired) electrons. The lowest BCUT2D eigenvalue weighted by molar-refractivity contribution is -0.120. The average molecular weight is 532 g/mol. The van der Waals surface area contributed by atoms with Crippen LogP contribution in [0.5, 0.6) is 5.75 Å². The Morgan fingerprint density at radius 3 is 2.51 bits per heavy atom. The van der Waals surface area contributed by atoms with Gasteiger partial charge in [-0.15, -0.1) is 0 Å². The molecule has 0 bridgehead atoms. The van der Waals surface area contributed by atoms with E-state index in [-0.39, 0.29) is 46.8 Å². The maximum Gasteiger partial charge on any atom is 0.248 e. The second-order valence-electron chi connectivity index (χ2n) is 8.59. The van der Waals surface area contributed by atoms with E-state index in [1.165, 1.54) is 29.4 Å². The molecule has 2 aromatic carbocycles. The third-order valence-electron chi connectivity index (χ3n) is 6.07. The number of carbonyl (C=O) groups excluding carboxylic acids is 1. The van der Waals surface area contributed by atoms with E-state index in [1.54, 1.807) is 24.3 Å². The summed E-state index contributed by atoms with van der Waals surface area (Å²) in [6, 6.07) is 10.1. The number of ether oxygens (including phenoxy) is 1. The van der Waals surface area contributed by atoms with Crippen molar-refractivity contribution in [2.45, 2.75) is 31.6 Å². The van der Waals surface area contributed by atoms with Gasteiger partial charge in [-0.2, -0.15) is 4.31 Å². The molecule has 1 aliphatic rings. The van der Waals surface area contributed by atoms with Gasteiger partial charge in [0.25, 0.3) is 0 Å². The third kappa shape index (κ3) is 6.05. The highest BCUT2D eigenvalue weighted by molar-refractivity contribution is 7.89. The molecule has 0 saturated carbocycles. The number of piperidine rings is 1. The summed E-state index contributed by atoms with van der Waals surface area (Å²) in [6.07, 6.45) is 3.28. The Morgan fingerprint density at radius 2 is 1.86 bits per heavy atom. The molecule has 1 fully saturated rings. The van der Waals surface area contributed by atoms with E-state index < -0.39 is 21.7 Å². The molecule has 4 rings (SSSR count). The Balaban J connectivity index is 1.42. The summed E-state index contributed by atoms with van der Waals surface area (Å²) >= 11 is 0. The van der Waals surface area contributed by atoms with Crippen LogP contribution in [0.1, 0.15) is 36.8 Å². The van der Waals surface area contributed by atoms with Gasteiger partial charge in [-0.05, 0) is 75.2 Å². The van der Waals surface area contributed by atoms with E-state index in [0.717, 1.165) is 12.1 Å². The normalized spacial score (nSPS) is 15.2. The molecule has 1 aromatic heterocycles. The van der Waals surface area contributed by atoms with E-state index in [1.807, 2.05) is 6.92 Å². The summed E-state index contributed by atoms with van der Waals surface area (Å²) in [7, 11) is -3.99. The smallest absolute Gasteiger partial charge is 0.248 e. The maximum atomic E-state index is 14.0. The molecule has 0 aliphatic carbocycles. The zero-order valence-electron chi connectivity index (χ0n) is 20.4. The first-order valence-electron chi connectivity index (χ1n) is 11.8. The highest BCUT2D eigenvalue weighted by Crippen LogP contribution is 2.30. The lowest BCUT2D eigenvalue weighted by Crippen LogP contribution is -2.41. The molecular formula is C26H27F2N3O5S. The first kappa shape index (κ1) is 26.5. The summed E-state index contributed by atoms with van der Waals surface area (Å²) in [4.78, 5) is 12.6. The van der Waals surface area contributed by atoms with Gasteiger partial charge in [-0.25, -0.2) is 17.2 Å². The number of benzene rings is 2. The van der Waals surface area contributed by atoms with Crippen molar-refractivity contribution in [2.24, 2.45) is 5.92 Å². The fraction of sp³-hybridized carbons (Fsp3) is 0.308. The van der Waals surface area contributed by atoms with Gasteiger partial charge < -0.3 is 14.6 Å². The van der Waals surface area contributed by atoms with Crippen LogP contribution in [-0.2, 0) is 14.8 Å². The highest BCUT2D eigenvalue weighted by Gasteiger charge is 2.36. The molecule has 1 saturated heterocycles. The van der Waals surface area contributed by atoms with Gasteiger partial charge in [0.15, 0.2) is 10.7 Å². The molecule has 2 heterocycles. The number of halogens is 2. The molecular weight excluding hydrogens is 504 g/mol. The van der Waals surface area contributed by atoms with E-state index in [0.29, 0.717) is 30.9 Å². The lowest BCUT2D eigenvalue weighted by atomic mass is 9.97. The second kappa shape index (κ2) is 11.2. The van der Waals surface area contributed by atoms with Gasteiger partial charge in [0.05, 0.1) is 6.61 Å². The molecule has 3 aromatic rings. The van der Waals surface area contributed by atoms with E-state index in [9.17, 15) is 22.0 Å². The number of hydrogen-bond acceptors (Lipinski definition) is 6. The Morgan fingerprint density at radius 1 is 1.16 bits per heavy atom. The number of nitrogens with one attached hydrogen (secondary N) is 1. The summed E-state index contributed by atoms with van der Waals surface area (Å²) in [5.74, 6) is -1.38. The van der Waals surface area contributed by atoms with Crippen molar-refractivity contribution in [3.8, 4) is 5.75 Å². The first-order chi connectivity index (χ1) is 17.7. The van der Waals surface area contributed by atoms with E-state index in [4.69, 9.17) is 9.26 Å². The van der Waals surface area contributed by atoms with Gasteiger partial charge in [-0.3, -0.25) is 4.79 Å². The topological polar surface area (TPSA) is 102 Å². The van der Waals surface area contributed by atoms with Crippen molar-refractivity contribution >= 4 is 33.8 Å². The standard InChI is InChI=1S/C26H27F2N3O5S/c1-3-35-22-9-7-21(8-10-22)29-26(32)19-12-14-31(15-13-19)37(33,34)25-17(2)30-36-24(25)11-5-18-4-6-20(27)16-23(18)28/h4-11,16,19H,3,12-15H2,1-2H3,(H,29,32)/b11-5+. The molecule has 0 spiro atoms. The van der Waals surface area contributed by atoms with Crippen LogP contribution >= 0.6 is 0 Å². The lowest BCUT2D eigenvalue weighted by Gasteiger charge is -2.30. The molecule has 196 valence electrons. The van der Waals surface area contributed by atoms with Crippen LogP contribution < -0.4 is 10.1 Å². The zero-order chi connectivity index (χ0) is 26.6. The number of carbonyl (C=O) groups is 1. The average Bonchev–Trinajstić information content (AvgIpc) is 3.26. The molecule has 1 amide bonds. The minimum absolute atomic E-state index is 0.0587. The number of nitrogens with zero attached hydrogens (tertiary/aromatic N) is 2.